The van der Waals surface area contributed by atoms with Gasteiger partial charge in [0.15, 0.2) is 5.78 Å². The topological polar surface area (TPSA) is 78.0 Å². The Morgan fingerprint density at radius 2 is 1.81 bits per heavy atom. The summed E-state index contributed by atoms with van der Waals surface area (Å²) in [5.41, 5.74) is 2.33. The lowest BCUT2D eigenvalue weighted by molar-refractivity contribution is -0.386. The molecule has 0 amide bonds. The molecule has 0 saturated heterocycles. The predicted octanol–water partition coefficient (Wildman–Crippen LogP) is 3.16. The Bertz CT molecular complexity index is 702. The molecule has 1 atom stereocenters. The zero-order chi connectivity index (χ0) is 15.7. The first-order valence-electron chi connectivity index (χ1n) is 6.64. The highest BCUT2D eigenvalue weighted by atomic mass is 16.6. The van der Waals surface area contributed by atoms with Crippen LogP contribution in [0.25, 0.3) is 0 Å². The molecule has 0 unspecified atom stereocenters. The molecule has 2 rings (SSSR count). The lowest BCUT2D eigenvalue weighted by Crippen LogP contribution is -2.19. The van der Waals surface area contributed by atoms with Crippen molar-refractivity contribution in [1.82, 2.24) is 9.78 Å². The van der Waals surface area contributed by atoms with Gasteiger partial charge in [-0.1, -0.05) is 29.8 Å². The second-order valence-corrected chi connectivity index (χ2v) is 5.13. The Balaban J connectivity index is 2.38. The van der Waals surface area contributed by atoms with Gasteiger partial charge in [-0.2, -0.15) is 5.10 Å². The Kier molecular flexibility index (Phi) is 3.88. The number of carbonyl (C=O) groups excluding carboxylic acids is 1. The van der Waals surface area contributed by atoms with E-state index in [0.717, 1.165) is 5.56 Å². The van der Waals surface area contributed by atoms with E-state index in [-0.39, 0.29) is 11.5 Å². The molecule has 0 saturated carbocycles. The normalized spacial score (nSPS) is 12.2. The average Bonchev–Trinajstić information content (AvgIpc) is 2.73. The molecule has 21 heavy (non-hydrogen) atoms. The molecule has 110 valence electrons. The molecule has 2 aromatic rings. The highest BCUT2D eigenvalue weighted by Gasteiger charge is 2.27. The first-order chi connectivity index (χ1) is 9.82. The van der Waals surface area contributed by atoms with E-state index in [2.05, 4.69) is 5.10 Å². The first-order valence-corrected chi connectivity index (χ1v) is 6.64. The van der Waals surface area contributed by atoms with Crippen molar-refractivity contribution in [1.29, 1.82) is 0 Å². The smallest absolute Gasteiger partial charge is 0.292 e. The highest BCUT2D eigenvalue weighted by Crippen LogP contribution is 2.26. The molecule has 1 aromatic heterocycles. The van der Waals surface area contributed by atoms with Gasteiger partial charge in [-0.15, -0.1) is 0 Å². The van der Waals surface area contributed by atoms with Crippen LogP contribution in [-0.4, -0.2) is 20.5 Å². The quantitative estimate of drug-likeness (QED) is 0.491. The predicted molar refractivity (Wildman–Crippen MR) is 78.6 cm³/mol. The molecular weight excluding hydrogens is 270 g/mol. The minimum Gasteiger partial charge on any atom is -0.292 e. The van der Waals surface area contributed by atoms with Crippen LogP contribution in [0.15, 0.2) is 24.3 Å². The Morgan fingerprint density at radius 3 is 2.29 bits per heavy atom. The van der Waals surface area contributed by atoms with Crippen LogP contribution in [0, 0.1) is 30.9 Å². The van der Waals surface area contributed by atoms with E-state index in [1.54, 1.807) is 32.9 Å². The van der Waals surface area contributed by atoms with Crippen molar-refractivity contribution in [2.75, 3.05) is 0 Å². The molecule has 1 heterocycles. The molecule has 0 N–H and O–H groups in total. The van der Waals surface area contributed by atoms with E-state index in [9.17, 15) is 14.9 Å². The summed E-state index contributed by atoms with van der Waals surface area (Å²) in [6, 6.07) is 6.66. The van der Waals surface area contributed by atoms with Crippen molar-refractivity contribution in [3.63, 3.8) is 0 Å². The summed E-state index contributed by atoms with van der Waals surface area (Å²) in [4.78, 5) is 23.0. The Morgan fingerprint density at radius 1 is 1.24 bits per heavy atom. The molecule has 1 aromatic carbocycles. The molecular formula is C15H17N3O3. The van der Waals surface area contributed by atoms with Gasteiger partial charge < -0.3 is 0 Å². The van der Waals surface area contributed by atoms with Crippen molar-refractivity contribution in [2.24, 2.45) is 0 Å². The fraction of sp³-hybridized carbons (Fsp3) is 0.333. The maximum Gasteiger partial charge on any atom is 0.312 e. The molecule has 0 aliphatic rings. The monoisotopic (exact) mass is 287 g/mol. The van der Waals surface area contributed by atoms with Crippen molar-refractivity contribution >= 4 is 11.5 Å². The Labute approximate surface area is 122 Å². The second-order valence-electron chi connectivity index (χ2n) is 5.13. The number of aryl methyl sites for hydroxylation is 2. The van der Waals surface area contributed by atoms with Gasteiger partial charge in [-0.25, -0.2) is 0 Å². The van der Waals surface area contributed by atoms with E-state index in [4.69, 9.17) is 0 Å². The maximum absolute atomic E-state index is 12.5. The standard InChI is InChI=1S/C15H17N3O3/c1-9-5-7-13(8-6-9)15(19)12(4)17-11(3)14(18(20)21)10(2)16-17/h5-8,12H,1-4H3/t12-/m1/s1. The summed E-state index contributed by atoms with van der Waals surface area (Å²) < 4.78 is 1.43. The Hall–Kier alpha value is -2.50. The fourth-order valence-corrected chi connectivity index (χ4v) is 2.37. The van der Waals surface area contributed by atoms with Gasteiger partial charge in [0.2, 0.25) is 0 Å². The zero-order valence-electron chi connectivity index (χ0n) is 12.5. The number of hydrogen-bond acceptors (Lipinski definition) is 4. The molecule has 6 nitrogen and oxygen atoms in total. The molecule has 0 bridgehead atoms. The lowest BCUT2D eigenvalue weighted by atomic mass is 10.0. The maximum atomic E-state index is 12.5. The number of Topliss-reactive ketones (excluding diaryl/α,β-unsaturated/α-hetero) is 1. The van der Waals surface area contributed by atoms with E-state index >= 15 is 0 Å². The number of benzene rings is 1. The average molecular weight is 287 g/mol. The van der Waals surface area contributed by atoms with E-state index in [1.165, 1.54) is 4.68 Å². The highest BCUT2D eigenvalue weighted by molar-refractivity contribution is 5.98. The van der Waals surface area contributed by atoms with Crippen LogP contribution in [0.5, 0.6) is 0 Å². The van der Waals surface area contributed by atoms with Crippen LogP contribution in [0.2, 0.25) is 0 Å². The van der Waals surface area contributed by atoms with Crippen LogP contribution >= 0.6 is 0 Å². The number of rotatable bonds is 4. The van der Waals surface area contributed by atoms with E-state index in [0.29, 0.717) is 17.0 Å². The van der Waals surface area contributed by atoms with Gasteiger partial charge in [0.05, 0.1) is 4.92 Å². The van der Waals surface area contributed by atoms with Gasteiger partial charge in [-0.3, -0.25) is 19.6 Å². The number of hydrogen-bond donors (Lipinski definition) is 0. The third-order valence-corrected chi connectivity index (χ3v) is 3.55. The van der Waals surface area contributed by atoms with Crippen LogP contribution in [0.1, 0.15) is 40.3 Å². The SMILES string of the molecule is Cc1ccc(C(=O)[C@@H](C)n2nc(C)c([N+](=O)[O-])c2C)cc1. The van der Waals surface area contributed by atoms with Crippen molar-refractivity contribution in [2.45, 2.75) is 33.7 Å². The third-order valence-electron chi connectivity index (χ3n) is 3.55. The second kappa shape index (κ2) is 5.47. The van der Waals surface area contributed by atoms with E-state index < -0.39 is 11.0 Å². The zero-order valence-corrected chi connectivity index (χ0v) is 12.5. The molecule has 0 aliphatic carbocycles. The number of nitrogens with zero attached hydrogens (tertiary/aromatic N) is 3. The number of nitro groups is 1. The van der Waals surface area contributed by atoms with Gasteiger partial charge in [0.1, 0.15) is 17.4 Å². The van der Waals surface area contributed by atoms with Gasteiger partial charge >= 0.3 is 5.69 Å². The summed E-state index contributed by atoms with van der Waals surface area (Å²) in [5.74, 6) is -0.115. The van der Waals surface area contributed by atoms with Crippen LogP contribution < -0.4 is 0 Å². The van der Waals surface area contributed by atoms with Crippen LogP contribution in [-0.2, 0) is 0 Å². The lowest BCUT2D eigenvalue weighted by Gasteiger charge is -2.12. The minimum absolute atomic E-state index is 0.0291. The van der Waals surface area contributed by atoms with E-state index in [1.807, 2.05) is 19.1 Å². The third kappa shape index (κ3) is 2.69. The summed E-state index contributed by atoms with van der Waals surface area (Å²) in [6.07, 6.45) is 0. The fourth-order valence-electron chi connectivity index (χ4n) is 2.37. The summed E-state index contributed by atoms with van der Waals surface area (Å²) in [7, 11) is 0. The van der Waals surface area contributed by atoms with Crippen molar-refractivity contribution in [3.8, 4) is 0 Å². The first kappa shape index (κ1) is 14.9. The van der Waals surface area contributed by atoms with Gasteiger partial charge in [0.25, 0.3) is 0 Å². The van der Waals surface area contributed by atoms with Crippen molar-refractivity contribution < 1.29 is 9.72 Å². The summed E-state index contributed by atoms with van der Waals surface area (Å²) in [5, 5.41) is 15.2. The van der Waals surface area contributed by atoms with Gasteiger partial charge in [0, 0.05) is 5.56 Å². The van der Waals surface area contributed by atoms with Gasteiger partial charge in [-0.05, 0) is 27.7 Å². The minimum atomic E-state index is -0.583. The summed E-state index contributed by atoms with van der Waals surface area (Å²) in [6.45, 7) is 6.83. The molecule has 6 heteroatoms. The number of ketones is 1. The van der Waals surface area contributed by atoms with Crippen molar-refractivity contribution in [3.05, 3.63) is 56.9 Å². The molecule has 0 aliphatic heterocycles. The number of aromatic nitrogens is 2. The van der Waals surface area contributed by atoms with Crippen LogP contribution in [0.4, 0.5) is 5.69 Å². The summed E-state index contributed by atoms with van der Waals surface area (Å²) >= 11 is 0. The number of carbonyl (C=O) groups is 1. The van der Waals surface area contributed by atoms with Crippen LogP contribution in [0.3, 0.4) is 0 Å². The molecule has 0 fully saturated rings. The largest absolute Gasteiger partial charge is 0.312 e. The molecule has 0 spiro atoms. The molecule has 0 radical (unpaired) electrons.